The Morgan fingerprint density at radius 3 is 3.11 bits per heavy atom. The molecule has 0 fully saturated rings. The first kappa shape index (κ1) is 10.3. The minimum absolute atomic E-state index is 0.109. The van der Waals surface area contributed by atoms with E-state index in [0.29, 0.717) is 18.2 Å². The highest BCUT2D eigenvalue weighted by Gasteiger charge is 2.29. The highest BCUT2D eigenvalue weighted by atomic mass is 16.2. The minimum Gasteiger partial charge on any atom is -0.315 e. The van der Waals surface area contributed by atoms with Crippen molar-refractivity contribution in [3.05, 3.63) is 42.4 Å². The molecule has 0 saturated carbocycles. The number of anilines is 1. The summed E-state index contributed by atoms with van der Waals surface area (Å²) in [6, 6.07) is 7.62. The summed E-state index contributed by atoms with van der Waals surface area (Å²) >= 11 is 0. The van der Waals surface area contributed by atoms with E-state index >= 15 is 0 Å². The Morgan fingerprint density at radius 1 is 1.26 bits per heavy atom. The van der Waals surface area contributed by atoms with Crippen LogP contribution >= 0.6 is 0 Å². The molecule has 3 aromatic rings. The first-order chi connectivity index (χ1) is 9.34. The maximum Gasteiger partial charge on any atom is 0.281 e. The molecule has 19 heavy (non-hydrogen) atoms. The van der Waals surface area contributed by atoms with Gasteiger partial charge < -0.3 is 4.57 Å². The third-order valence-electron chi connectivity index (χ3n) is 3.42. The Hall–Kier alpha value is -2.63. The van der Waals surface area contributed by atoms with Gasteiger partial charge in [-0.2, -0.15) is 5.10 Å². The highest BCUT2D eigenvalue weighted by molar-refractivity contribution is 6.12. The first-order valence-electron chi connectivity index (χ1n) is 6.11. The summed E-state index contributed by atoms with van der Waals surface area (Å²) in [5.74, 6) is 0.583. The number of nitrogens with one attached hydrogen (secondary N) is 1. The zero-order valence-electron chi connectivity index (χ0n) is 10.1. The van der Waals surface area contributed by atoms with E-state index in [1.165, 1.54) is 0 Å². The van der Waals surface area contributed by atoms with Gasteiger partial charge in [0.05, 0.1) is 5.52 Å². The van der Waals surface area contributed by atoms with Crippen LogP contribution in [0, 0.1) is 0 Å². The molecule has 1 aromatic carbocycles. The van der Waals surface area contributed by atoms with Crippen LogP contribution < -0.4 is 4.90 Å². The van der Waals surface area contributed by atoms with Crippen molar-refractivity contribution >= 4 is 22.8 Å². The van der Waals surface area contributed by atoms with Crippen molar-refractivity contribution in [2.45, 2.75) is 6.54 Å². The number of nitrogens with zero attached hydrogens (tertiary/aromatic N) is 4. The summed E-state index contributed by atoms with van der Waals surface area (Å²) in [6.45, 7) is 1.42. The monoisotopic (exact) mass is 253 g/mol. The van der Waals surface area contributed by atoms with E-state index in [4.69, 9.17) is 0 Å². The number of H-pyrrole nitrogens is 1. The summed E-state index contributed by atoms with van der Waals surface area (Å²) in [6.07, 6.45) is 3.59. The Balaban J connectivity index is 1.79. The number of carbonyl (C=O) groups is 1. The number of hydrogen-bond acceptors (Lipinski definition) is 3. The average molecular weight is 253 g/mol. The van der Waals surface area contributed by atoms with Crippen molar-refractivity contribution in [1.82, 2.24) is 19.7 Å². The van der Waals surface area contributed by atoms with Gasteiger partial charge in [-0.3, -0.25) is 14.8 Å². The number of carbonyl (C=O) groups excluding carboxylic acids is 1. The molecule has 1 N–H and O–H groups in total. The van der Waals surface area contributed by atoms with Crippen molar-refractivity contribution in [1.29, 1.82) is 0 Å². The molecular weight excluding hydrogens is 242 g/mol. The number of fused-ring (bicyclic) bond motifs is 2. The number of aromatic nitrogens is 4. The molecule has 0 aliphatic carbocycles. The van der Waals surface area contributed by atoms with Crippen LogP contribution in [0.1, 0.15) is 10.5 Å². The van der Waals surface area contributed by atoms with E-state index in [1.54, 1.807) is 11.1 Å². The maximum absolute atomic E-state index is 12.6. The van der Waals surface area contributed by atoms with Crippen LogP contribution in [0.4, 0.5) is 5.95 Å². The Bertz CT molecular complexity index is 772. The van der Waals surface area contributed by atoms with E-state index in [1.807, 2.05) is 35.0 Å². The number of benzene rings is 1. The van der Waals surface area contributed by atoms with Crippen molar-refractivity contribution < 1.29 is 4.79 Å². The second-order valence-corrected chi connectivity index (χ2v) is 4.50. The van der Waals surface area contributed by atoms with Crippen LogP contribution in [0.3, 0.4) is 0 Å². The predicted molar refractivity (Wildman–Crippen MR) is 70.0 cm³/mol. The Labute approximate surface area is 108 Å². The van der Waals surface area contributed by atoms with Gasteiger partial charge in [-0.05, 0) is 6.07 Å². The topological polar surface area (TPSA) is 66.8 Å². The molecule has 1 aliphatic heterocycles. The lowest BCUT2D eigenvalue weighted by Gasteiger charge is -2.12. The second-order valence-electron chi connectivity index (χ2n) is 4.50. The van der Waals surface area contributed by atoms with E-state index in [-0.39, 0.29) is 5.91 Å². The van der Waals surface area contributed by atoms with Crippen LogP contribution in [0.2, 0.25) is 0 Å². The standard InChI is InChI=1S/C13H11N5O/c19-12(18-8-7-17-6-5-14-13(17)18)11-9-3-1-2-4-10(9)15-16-11/h1-6H,7-8H2,(H,15,16). The first-order valence-corrected chi connectivity index (χ1v) is 6.11. The van der Waals surface area contributed by atoms with Gasteiger partial charge in [-0.15, -0.1) is 0 Å². The van der Waals surface area contributed by atoms with Crippen LogP contribution in [0.15, 0.2) is 36.7 Å². The fourth-order valence-corrected chi connectivity index (χ4v) is 2.48. The summed E-state index contributed by atoms with van der Waals surface area (Å²) < 4.78 is 1.97. The molecule has 0 unspecified atom stereocenters. The quantitative estimate of drug-likeness (QED) is 0.713. The number of amides is 1. The third-order valence-corrected chi connectivity index (χ3v) is 3.42. The molecule has 94 valence electrons. The SMILES string of the molecule is O=C(c1n[nH]c2ccccc12)N1CCn2ccnc21. The zero-order chi connectivity index (χ0) is 12.8. The lowest BCUT2D eigenvalue weighted by Crippen LogP contribution is -2.29. The summed E-state index contributed by atoms with van der Waals surface area (Å²) in [4.78, 5) is 18.5. The van der Waals surface area contributed by atoms with E-state index in [9.17, 15) is 4.79 Å². The third kappa shape index (κ3) is 1.40. The maximum atomic E-state index is 12.6. The second kappa shape index (κ2) is 3.68. The Morgan fingerprint density at radius 2 is 2.16 bits per heavy atom. The van der Waals surface area contributed by atoms with Gasteiger partial charge >= 0.3 is 0 Å². The fraction of sp³-hybridized carbons (Fsp3) is 0.154. The van der Waals surface area contributed by atoms with E-state index in [2.05, 4.69) is 15.2 Å². The molecule has 6 heteroatoms. The van der Waals surface area contributed by atoms with Crippen molar-refractivity contribution in [3.63, 3.8) is 0 Å². The molecule has 0 atom stereocenters. The molecule has 3 heterocycles. The highest BCUT2D eigenvalue weighted by Crippen LogP contribution is 2.23. The largest absolute Gasteiger partial charge is 0.315 e. The van der Waals surface area contributed by atoms with Gasteiger partial charge in [0.1, 0.15) is 0 Å². The molecule has 4 rings (SSSR count). The molecule has 1 aliphatic rings. The number of para-hydroxylation sites is 1. The van der Waals surface area contributed by atoms with Gasteiger partial charge in [0.25, 0.3) is 5.91 Å². The van der Waals surface area contributed by atoms with Gasteiger partial charge in [0.15, 0.2) is 5.69 Å². The predicted octanol–water partition coefficient (Wildman–Crippen LogP) is 1.42. The van der Waals surface area contributed by atoms with Crippen molar-refractivity contribution in [2.24, 2.45) is 0 Å². The number of aromatic amines is 1. The molecule has 0 spiro atoms. The van der Waals surface area contributed by atoms with Gasteiger partial charge in [-0.1, -0.05) is 18.2 Å². The summed E-state index contributed by atoms with van der Waals surface area (Å²) in [5, 5.41) is 7.87. The molecule has 1 amide bonds. The minimum atomic E-state index is -0.109. The molecule has 6 nitrogen and oxygen atoms in total. The Kier molecular flexibility index (Phi) is 2.00. The molecule has 0 radical (unpaired) electrons. The van der Waals surface area contributed by atoms with Gasteiger partial charge in [0.2, 0.25) is 5.95 Å². The van der Waals surface area contributed by atoms with Crippen LogP contribution in [-0.4, -0.2) is 32.2 Å². The number of rotatable bonds is 1. The van der Waals surface area contributed by atoms with Crippen LogP contribution in [0.5, 0.6) is 0 Å². The molecule has 0 saturated heterocycles. The molecule has 0 bridgehead atoms. The van der Waals surface area contributed by atoms with Gasteiger partial charge in [-0.25, -0.2) is 4.98 Å². The van der Waals surface area contributed by atoms with Crippen LogP contribution in [0.25, 0.3) is 10.9 Å². The van der Waals surface area contributed by atoms with Crippen molar-refractivity contribution in [3.8, 4) is 0 Å². The summed E-state index contributed by atoms with van der Waals surface area (Å²) in [7, 11) is 0. The smallest absolute Gasteiger partial charge is 0.281 e. The van der Waals surface area contributed by atoms with Gasteiger partial charge in [0, 0.05) is 30.9 Å². The average Bonchev–Trinajstić information content (AvgIpc) is 3.12. The zero-order valence-corrected chi connectivity index (χ0v) is 10.1. The number of hydrogen-bond donors (Lipinski definition) is 1. The number of imidazole rings is 1. The van der Waals surface area contributed by atoms with E-state index in [0.717, 1.165) is 17.4 Å². The lowest BCUT2D eigenvalue weighted by molar-refractivity contribution is 0.0985. The van der Waals surface area contributed by atoms with E-state index < -0.39 is 0 Å². The molecule has 2 aromatic heterocycles. The lowest BCUT2D eigenvalue weighted by atomic mass is 10.2. The molecular formula is C13H11N5O. The normalized spacial score (nSPS) is 14.0. The van der Waals surface area contributed by atoms with Crippen molar-refractivity contribution in [2.75, 3.05) is 11.4 Å². The fourth-order valence-electron chi connectivity index (χ4n) is 2.48. The van der Waals surface area contributed by atoms with Crippen LogP contribution in [-0.2, 0) is 6.54 Å². The summed E-state index contributed by atoms with van der Waals surface area (Å²) in [5.41, 5.74) is 1.32.